The van der Waals surface area contributed by atoms with Crippen molar-refractivity contribution in [2.75, 3.05) is 5.73 Å². The number of aryl methyl sites for hydroxylation is 1. The van der Waals surface area contributed by atoms with Gasteiger partial charge in [0.1, 0.15) is 0 Å². The molecule has 1 heteroatoms. The Morgan fingerprint density at radius 1 is 0.895 bits per heavy atom. The lowest BCUT2D eigenvalue weighted by Gasteiger charge is -2.06. The predicted molar refractivity (Wildman–Crippen MR) is 85.4 cm³/mol. The highest BCUT2D eigenvalue weighted by molar-refractivity contribution is 5.93. The highest BCUT2D eigenvalue weighted by atomic mass is 14.5. The molecular formula is C18H25N. The maximum Gasteiger partial charge on any atom is 0.0393 e. The van der Waals surface area contributed by atoms with Crippen LogP contribution in [0.25, 0.3) is 10.8 Å². The van der Waals surface area contributed by atoms with Gasteiger partial charge in [0.25, 0.3) is 0 Å². The molecule has 0 fully saturated rings. The summed E-state index contributed by atoms with van der Waals surface area (Å²) in [6.45, 7) is 2.26. The zero-order chi connectivity index (χ0) is 13.5. The molecule has 0 saturated heterocycles. The van der Waals surface area contributed by atoms with Crippen LogP contribution >= 0.6 is 0 Å². The third-order valence-electron chi connectivity index (χ3n) is 3.80. The van der Waals surface area contributed by atoms with E-state index in [1.807, 2.05) is 12.1 Å². The van der Waals surface area contributed by atoms with E-state index in [0.29, 0.717) is 0 Å². The lowest BCUT2D eigenvalue weighted by molar-refractivity contribution is 0.607. The lowest BCUT2D eigenvalue weighted by atomic mass is 10.0. The fraction of sp³-hybridized carbons (Fsp3) is 0.444. The van der Waals surface area contributed by atoms with Gasteiger partial charge < -0.3 is 5.73 Å². The molecule has 0 unspecified atom stereocenters. The van der Waals surface area contributed by atoms with Crippen LogP contribution in [0.5, 0.6) is 0 Å². The average molecular weight is 255 g/mol. The Labute approximate surface area is 116 Å². The predicted octanol–water partition coefficient (Wildman–Crippen LogP) is 5.33. The molecule has 1 nitrogen and oxygen atoms in total. The van der Waals surface area contributed by atoms with Crippen molar-refractivity contribution in [3.63, 3.8) is 0 Å². The first-order valence-corrected chi connectivity index (χ1v) is 7.58. The summed E-state index contributed by atoms with van der Waals surface area (Å²) in [5.41, 5.74) is 8.29. The van der Waals surface area contributed by atoms with Gasteiger partial charge in [-0.3, -0.25) is 0 Å². The van der Waals surface area contributed by atoms with Gasteiger partial charge in [-0.05, 0) is 29.9 Å². The molecule has 0 aliphatic carbocycles. The van der Waals surface area contributed by atoms with Crippen molar-refractivity contribution in [1.29, 1.82) is 0 Å². The summed E-state index contributed by atoms with van der Waals surface area (Å²) < 4.78 is 0. The molecule has 2 aromatic carbocycles. The largest absolute Gasteiger partial charge is 0.398 e. The Balaban J connectivity index is 1.88. The SMILES string of the molecule is CCCCCCCCc1ccc2c(N)cccc2c1. The van der Waals surface area contributed by atoms with E-state index in [2.05, 4.69) is 31.2 Å². The standard InChI is InChI=1S/C18H25N/c1-2-3-4-5-6-7-9-15-12-13-17-16(14-15)10-8-11-18(17)19/h8,10-14H,2-7,9,19H2,1H3. The Morgan fingerprint density at radius 3 is 2.53 bits per heavy atom. The van der Waals surface area contributed by atoms with Crippen LogP contribution in [0.2, 0.25) is 0 Å². The minimum Gasteiger partial charge on any atom is -0.398 e. The number of hydrogen-bond donors (Lipinski definition) is 1. The zero-order valence-electron chi connectivity index (χ0n) is 12.0. The molecule has 0 spiro atoms. The molecular weight excluding hydrogens is 230 g/mol. The number of nitrogen functional groups attached to an aromatic ring is 1. The first-order valence-electron chi connectivity index (χ1n) is 7.58. The van der Waals surface area contributed by atoms with E-state index in [0.717, 1.165) is 5.69 Å². The van der Waals surface area contributed by atoms with Gasteiger partial charge in [0.15, 0.2) is 0 Å². The van der Waals surface area contributed by atoms with Crippen LogP contribution in [-0.2, 0) is 6.42 Å². The van der Waals surface area contributed by atoms with Crippen molar-refractivity contribution >= 4 is 16.5 Å². The Morgan fingerprint density at radius 2 is 1.68 bits per heavy atom. The molecule has 0 aromatic heterocycles. The molecule has 0 aliphatic heterocycles. The molecule has 2 aromatic rings. The Kier molecular flexibility index (Phi) is 5.26. The monoisotopic (exact) mass is 255 g/mol. The van der Waals surface area contributed by atoms with Crippen molar-refractivity contribution in [3.8, 4) is 0 Å². The molecule has 102 valence electrons. The fourth-order valence-electron chi connectivity index (χ4n) is 2.62. The van der Waals surface area contributed by atoms with E-state index < -0.39 is 0 Å². The minimum atomic E-state index is 0.878. The summed E-state index contributed by atoms with van der Waals surface area (Å²) in [4.78, 5) is 0. The molecule has 19 heavy (non-hydrogen) atoms. The zero-order valence-corrected chi connectivity index (χ0v) is 12.0. The molecule has 0 amide bonds. The van der Waals surface area contributed by atoms with Crippen LogP contribution in [0.3, 0.4) is 0 Å². The average Bonchev–Trinajstić information content (AvgIpc) is 2.43. The Hall–Kier alpha value is -1.50. The van der Waals surface area contributed by atoms with Gasteiger partial charge in [-0.25, -0.2) is 0 Å². The Bertz CT molecular complexity index is 516. The third-order valence-corrected chi connectivity index (χ3v) is 3.80. The second-order valence-corrected chi connectivity index (χ2v) is 5.42. The van der Waals surface area contributed by atoms with Crippen LogP contribution in [0.15, 0.2) is 36.4 Å². The van der Waals surface area contributed by atoms with E-state index in [-0.39, 0.29) is 0 Å². The lowest BCUT2D eigenvalue weighted by Crippen LogP contribution is -1.89. The molecule has 0 aliphatic rings. The van der Waals surface area contributed by atoms with Crippen LogP contribution in [0.1, 0.15) is 51.0 Å². The van der Waals surface area contributed by atoms with Crippen molar-refractivity contribution < 1.29 is 0 Å². The highest BCUT2D eigenvalue weighted by Gasteiger charge is 1.99. The number of benzene rings is 2. The fourth-order valence-corrected chi connectivity index (χ4v) is 2.62. The van der Waals surface area contributed by atoms with Crippen molar-refractivity contribution in [2.45, 2.75) is 51.9 Å². The van der Waals surface area contributed by atoms with Crippen LogP contribution in [0, 0.1) is 0 Å². The second kappa shape index (κ2) is 7.18. The maximum atomic E-state index is 5.97. The van der Waals surface area contributed by atoms with Gasteiger partial charge in [0.2, 0.25) is 0 Å². The quantitative estimate of drug-likeness (QED) is 0.525. The van der Waals surface area contributed by atoms with Crippen molar-refractivity contribution in [1.82, 2.24) is 0 Å². The molecule has 2 rings (SSSR count). The molecule has 0 heterocycles. The van der Waals surface area contributed by atoms with Crippen LogP contribution in [0.4, 0.5) is 5.69 Å². The molecule has 0 bridgehead atoms. The van der Waals surface area contributed by atoms with Gasteiger partial charge in [-0.15, -0.1) is 0 Å². The summed E-state index contributed by atoms with van der Waals surface area (Å²) in [5.74, 6) is 0. The molecule has 0 atom stereocenters. The first kappa shape index (κ1) is 13.9. The molecule has 0 saturated carbocycles. The number of nitrogens with two attached hydrogens (primary N) is 1. The van der Waals surface area contributed by atoms with Gasteiger partial charge in [-0.1, -0.05) is 69.4 Å². The topological polar surface area (TPSA) is 26.0 Å². The molecule has 0 radical (unpaired) electrons. The number of fused-ring (bicyclic) bond motifs is 1. The highest BCUT2D eigenvalue weighted by Crippen LogP contribution is 2.22. The van der Waals surface area contributed by atoms with E-state index in [9.17, 15) is 0 Å². The summed E-state index contributed by atoms with van der Waals surface area (Å²) in [6, 6.07) is 12.8. The van der Waals surface area contributed by atoms with Gasteiger partial charge in [0, 0.05) is 11.1 Å². The maximum absolute atomic E-state index is 5.97. The van der Waals surface area contributed by atoms with E-state index in [4.69, 9.17) is 5.73 Å². The first-order chi connectivity index (χ1) is 9.31. The van der Waals surface area contributed by atoms with Gasteiger partial charge in [-0.2, -0.15) is 0 Å². The normalized spacial score (nSPS) is 11.0. The van der Waals surface area contributed by atoms with Crippen LogP contribution in [-0.4, -0.2) is 0 Å². The third kappa shape index (κ3) is 3.99. The van der Waals surface area contributed by atoms with E-state index in [1.54, 1.807) is 0 Å². The molecule has 2 N–H and O–H groups in total. The van der Waals surface area contributed by atoms with E-state index >= 15 is 0 Å². The number of hydrogen-bond acceptors (Lipinski definition) is 1. The summed E-state index contributed by atoms with van der Waals surface area (Å²) in [6.07, 6.45) is 9.34. The number of anilines is 1. The van der Waals surface area contributed by atoms with Crippen LogP contribution < -0.4 is 5.73 Å². The minimum absolute atomic E-state index is 0.878. The van der Waals surface area contributed by atoms with Gasteiger partial charge in [0.05, 0.1) is 0 Å². The number of rotatable bonds is 7. The summed E-state index contributed by atoms with van der Waals surface area (Å²) in [7, 11) is 0. The summed E-state index contributed by atoms with van der Waals surface area (Å²) in [5, 5.41) is 2.44. The van der Waals surface area contributed by atoms with Gasteiger partial charge >= 0.3 is 0 Å². The van der Waals surface area contributed by atoms with Crippen molar-refractivity contribution in [3.05, 3.63) is 42.0 Å². The summed E-state index contributed by atoms with van der Waals surface area (Å²) >= 11 is 0. The van der Waals surface area contributed by atoms with Crippen molar-refractivity contribution in [2.24, 2.45) is 0 Å². The second-order valence-electron chi connectivity index (χ2n) is 5.42. The van der Waals surface area contributed by atoms with E-state index in [1.165, 1.54) is 61.3 Å². The smallest absolute Gasteiger partial charge is 0.0393 e. The number of unbranched alkanes of at least 4 members (excludes halogenated alkanes) is 5.